The van der Waals surface area contributed by atoms with Crippen molar-refractivity contribution in [2.45, 2.75) is 69.5 Å². The largest absolute Gasteiger partial charge is 0.837 e. The van der Waals surface area contributed by atoms with Crippen molar-refractivity contribution < 1.29 is 19.1 Å². The first kappa shape index (κ1) is 23.9. The molecule has 1 aromatic carbocycles. The van der Waals surface area contributed by atoms with Crippen molar-refractivity contribution in [2.24, 2.45) is 5.92 Å². The predicted octanol–water partition coefficient (Wildman–Crippen LogP) is 4.00. The SMILES string of the molecule is C[N@@+]1(CCCc2ccncc2)CCCC(OC(=O)C([O-])(c2ccccc2)C2CCCCC2)C1. The Morgan fingerprint density at radius 1 is 1.06 bits per heavy atom. The van der Waals surface area contributed by atoms with Crippen molar-refractivity contribution in [3.63, 3.8) is 0 Å². The zero-order valence-electron chi connectivity index (χ0n) is 20.0. The van der Waals surface area contributed by atoms with Crippen LogP contribution in [0.25, 0.3) is 0 Å². The number of carbonyl (C=O) groups excluding carboxylic acids is 1. The fraction of sp³-hybridized carbons (Fsp3) is 0.571. The quantitative estimate of drug-likeness (QED) is 0.450. The number of aryl methyl sites for hydroxylation is 1. The van der Waals surface area contributed by atoms with Crippen LogP contribution < -0.4 is 5.11 Å². The lowest BCUT2D eigenvalue weighted by Gasteiger charge is -2.48. The Kier molecular flexibility index (Phi) is 7.82. The summed E-state index contributed by atoms with van der Waals surface area (Å²) in [5.74, 6) is -0.748. The average Bonchev–Trinajstić information content (AvgIpc) is 2.85. The molecule has 0 amide bonds. The van der Waals surface area contributed by atoms with Crippen LogP contribution in [-0.4, -0.2) is 48.2 Å². The number of nitrogens with zero attached hydrogens (tertiary/aromatic N) is 2. The number of esters is 1. The van der Waals surface area contributed by atoms with Gasteiger partial charge in [-0.1, -0.05) is 62.4 Å². The number of hydrogen-bond acceptors (Lipinski definition) is 4. The molecule has 5 nitrogen and oxygen atoms in total. The molecule has 4 rings (SSSR count). The van der Waals surface area contributed by atoms with Gasteiger partial charge in [0.25, 0.3) is 0 Å². The van der Waals surface area contributed by atoms with E-state index >= 15 is 0 Å². The Balaban J connectivity index is 1.41. The van der Waals surface area contributed by atoms with Crippen LogP contribution in [0.15, 0.2) is 54.9 Å². The first-order valence-corrected chi connectivity index (χ1v) is 12.7. The molecule has 5 heteroatoms. The summed E-state index contributed by atoms with van der Waals surface area (Å²) in [5.41, 5.74) is 0.0690. The van der Waals surface area contributed by atoms with Gasteiger partial charge in [0.05, 0.1) is 20.1 Å². The molecule has 2 heterocycles. The van der Waals surface area contributed by atoms with Gasteiger partial charge in [-0.05, 0) is 42.0 Å². The Hall–Kier alpha value is -2.24. The molecule has 2 unspecified atom stereocenters. The van der Waals surface area contributed by atoms with Gasteiger partial charge >= 0.3 is 5.97 Å². The van der Waals surface area contributed by atoms with Crippen molar-refractivity contribution in [3.05, 3.63) is 66.0 Å². The van der Waals surface area contributed by atoms with Crippen LogP contribution in [0.5, 0.6) is 0 Å². The van der Waals surface area contributed by atoms with Gasteiger partial charge in [0, 0.05) is 30.8 Å². The second-order valence-electron chi connectivity index (χ2n) is 10.3. The highest BCUT2D eigenvalue weighted by molar-refractivity contribution is 5.81. The van der Waals surface area contributed by atoms with Crippen LogP contribution >= 0.6 is 0 Å². The van der Waals surface area contributed by atoms with E-state index in [0.29, 0.717) is 5.56 Å². The third-order valence-electron chi connectivity index (χ3n) is 7.74. The predicted molar refractivity (Wildman–Crippen MR) is 127 cm³/mol. The van der Waals surface area contributed by atoms with Gasteiger partial charge in [0.15, 0.2) is 6.10 Å². The number of quaternary nitrogens is 1. The van der Waals surface area contributed by atoms with Crippen LogP contribution in [0.2, 0.25) is 0 Å². The summed E-state index contributed by atoms with van der Waals surface area (Å²) in [5, 5.41) is 14.2. The van der Waals surface area contributed by atoms with Crippen LogP contribution in [-0.2, 0) is 21.6 Å². The maximum atomic E-state index is 14.2. The Labute approximate surface area is 198 Å². The normalized spacial score (nSPS) is 25.8. The molecule has 1 aliphatic heterocycles. The smallest absolute Gasteiger partial charge is 0.300 e. The van der Waals surface area contributed by atoms with E-state index in [0.717, 1.165) is 81.9 Å². The van der Waals surface area contributed by atoms with E-state index in [4.69, 9.17) is 4.74 Å². The monoisotopic (exact) mass is 450 g/mol. The minimum absolute atomic E-state index is 0.183. The lowest BCUT2D eigenvalue weighted by Crippen LogP contribution is -2.59. The maximum Gasteiger partial charge on any atom is 0.300 e. The van der Waals surface area contributed by atoms with Crippen molar-refractivity contribution in [1.82, 2.24) is 4.98 Å². The van der Waals surface area contributed by atoms with E-state index in [1.54, 1.807) is 0 Å². The molecule has 2 aliphatic rings. The fourth-order valence-corrected chi connectivity index (χ4v) is 5.84. The first-order valence-electron chi connectivity index (χ1n) is 12.7. The summed E-state index contributed by atoms with van der Waals surface area (Å²) in [4.78, 5) is 17.6. The van der Waals surface area contributed by atoms with Crippen LogP contribution in [0.1, 0.15) is 62.5 Å². The van der Waals surface area contributed by atoms with Gasteiger partial charge in [-0.15, -0.1) is 0 Å². The summed E-state index contributed by atoms with van der Waals surface area (Å²) in [6.07, 6.45) is 12.3. The number of benzene rings is 1. The number of hydrogen-bond donors (Lipinski definition) is 0. The van der Waals surface area contributed by atoms with E-state index < -0.39 is 11.6 Å². The number of piperidine rings is 1. The Morgan fingerprint density at radius 3 is 2.52 bits per heavy atom. The molecule has 0 spiro atoms. The van der Waals surface area contributed by atoms with Gasteiger partial charge < -0.3 is 14.3 Å². The number of likely N-dealkylation sites (tertiary alicyclic amines) is 1. The zero-order valence-corrected chi connectivity index (χ0v) is 20.0. The van der Waals surface area contributed by atoms with Crippen molar-refractivity contribution in [1.29, 1.82) is 0 Å². The highest BCUT2D eigenvalue weighted by atomic mass is 16.6. The molecule has 3 atom stereocenters. The molecule has 0 radical (unpaired) electrons. The number of rotatable bonds is 8. The molecule has 0 bridgehead atoms. The lowest BCUT2D eigenvalue weighted by molar-refractivity contribution is -0.917. The third kappa shape index (κ3) is 5.82. The van der Waals surface area contributed by atoms with E-state index in [-0.39, 0.29) is 12.0 Å². The summed E-state index contributed by atoms with van der Waals surface area (Å²) in [6, 6.07) is 13.4. The van der Waals surface area contributed by atoms with Crippen molar-refractivity contribution in [3.8, 4) is 0 Å². The van der Waals surface area contributed by atoms with Crippen LogP contribution in [0.4, 0.5) is 0 Å². The Bertz CT molecular complexity index is 885. The highest BCUT2D eigenvalue weighted by Gasteiger charge is 2.41. The van der Waals surface area contributed by atoms with E-state index in [2.05, 4.69) is 24.2 Å². The minimum atomic E-state index is -1.80. The van der Waals surface area contributed by atoms with Crippen LogP contribution in [0.3, 0.4) is 0 Å². The molecule has 178 valence electrons. The minimum Gasteiger partial charge on any atom is -0.837 e. The molecule has 1 saturated carbocycles. The van der Waals surface area contributed by atoms with Crippen molar-refractivity contribution >= 4 is 5.97 Å². The summed E-state index contributed by atoms with van der Waals surface area (Å²) in [7, 11) is 2.26. The number of pyridine rings is 1. The van der Waals surface area contributed by atoms with Gasteiger partial charge in [0.1, 0.15) is 6.54 Å². The molecule has 0 N–H and O–H groups in total. The standard InChI is InChI=1S/C28H38N2O3/c1-30(20-8-10-23-16-18-29-19-17-23)21-9-15-26(22-30)33-27(31)28(32,24-11-4-2-5-12-24)25-13-6-3-7-14-25/h2,4-5,11-12,16-19,25-26H,3,6-10,13-15,20-22H2,1H3/t26?,28?,30-/m1/s1. The average molecular weight is 451 g/mol. The summed E-state index contributed by atoms with van der Waals surface area (Å²) < 4.78 is 6.94. The topological polar surface area (TPSA) is 62.2 Å². The number of ether oxygens (including phenoxy) is 1. The van der Waals surface area contributed by atoms with Crippen LogP contribution in [0, 0.1) is 5.92 Å². The highest BCUT2D eigenvalue weighted by Crippen LogP contribution is 2.39. The van der Waals surface area contributed by atoms with Gasteiger partial charge in [0.2, 0.25) is 0 Å². The first-order chi connectivity index (χ1) is 16.0. The van der Waals surface area contributed by atoms with E-state index in [1.807, 2.05) is 42.7 Å². The second kappa shape index (κ2) is 10.8. The number of carbonyl (C=O) groups is 1. The second-order valence-corrected chi connectivity index (χ2v) is 10.3. The summed E-state index contributed by atoms with van der Waals surface area (Å²) in [6.45, 7) is 2.92. The van der Waals surface area contributed by atoms with Gasteiger partial charge in [-0.25, -0.2) is 0 Å². The third-order valence-corrected chi connectivity index (χ3v) is 7.74. The Morgan fingerprint density at radius 2 is 1.79 bits per heavy atom. The number of aromatic nitrogens is 1. The van der Waals surface area contributed by atoms with Gasteiger partial charge in [-0.2, -0.15) is 0 Å². The molecule has 2 fully saturated rings. The van der Waals surface area contributed by atoms with Crippen molar-refractivity contribution in [2.75, 3.05) is 26.7 Å². The summed E-state index contributed by atoms with van der Waals surface area (Å²) >= 11 is 0. The zero-order chi connectivity index (χ0) is 23.2. The molecule has 1 saturated heterocycles. The lowest BCUT2D eigenvalue weighted by atomic mass is 9.73. The van der Waals surface area contributed by atoms with Gasteiger partial charge in [-0.3, -0.25) is 9.78 Å². The fourth-order valence-electron chi connectivity index (χ4n) is 5.84. The van der Waals surface area contributed by atoms with E-state index in [9.17, 15) is 9.90 Å². The molecule has 33 heavy (non-hydrogen) atoms. The maximum absolute atomic E-state index is 14.2. The van der Waals surface area contributed by atoms with E-state index in [1.165, 1.54) is 5.56 Å². The molecular weight excluding hydrogens is 412 g/mol. The molecule has 1 aliphatic carbocycles. The molecule has 1 aromatic heterocycles. The number of likely N-dealkylation sites (N-methyl/N-ethyl adjacent to an activating group) is 1. The molecular formula is C28H38N2O3. The molecule has 2 aromatic rings.